The number of nitrogens with two attached hydrogens (primary N) is 1. The van der Waals surface area contributed by atoms with Gasteiger partial charge in [0.15, 0.2) is 11.6 Å². The van der Waals surface area contributed by atoms with E-state index < -0.39 is 11.9 Å². The minimum absolute atomic E-state index is 0.121. The molecule has 7 nitrogen and oxygen atoms in total. The van der Waals surface area contributed by atoms with Crippen LogP contribution in [0.25, 0.3) is 10.6 Å². The molecule has 1 amide bonds. The van der Waals surface area contributed by atoms with Crippen LogP contribution in [0.3, 0.4) is 0 Å². The van der Waals surface area contributed by atoms with Gasteiger partial charge in [-0.1, -0.05) is 0 Å². The van der Waals surface area contributed by atoms with Crippen LogP contribution < -0.4 is 16.4 Å². The molecule has 0 radical (unpaired) electrons. The van der Waals surface area contributed by atoms with Crippen LogP contribution in [-0.2, 0) is 4.74 Å². The molecule has 4 N–H and O–H groups in total. The molecule has 2 aromatic heterocycles. The predicted molar refractivity (Wildman–Crippen MR) is 96.7 cm³/mol. The summed E-state index contributed by atoms with van der Waals surface area (Å²) in [6.45, 7) is 4.61. The minimum atomic E-state index is -0.505. The third kappa shape index (κ3) is 2.85. The maximum Gasteiger partial charge on any atom is 0.254 e. The van der Waals surface area contributed by atoms with Crippen LogP contribution in [0.4, 0.5) is 10.2 Å². The van der Waals surface area contributed by atoms with E-state index in [4.69, 9.17) is 10.5 Å². The van der Waals surface area contributed by atoms with Gasteiger partial charge in [0.05, 0.1) is 34.5 Å². The molecule has 2 aliphatic rings. The Morgan fingerprint density at radius 3 is 3.00 bits per heavy atom. The summed E-state index contributed by atoms with van der Waals surface area (Å²) >= 11 is 1.25. The summed E-state index contributed by atoms with van der Waals surface area (Å²) in [6.07, 6.45) is 0.668. The van der Waals surface area contributed by atoms with Crippen LogP contribution in [0, 0.1) is 12.7 Å². The van der Waals surface area contributed by atoms with E-state index in [9.17, 15) is 4.79 Å². The number of carbonyl (C=O) groups excluding carboxylic acids is 1. The van der Waals surface area contributed by atoms with Crippen molar-refractivity contribution in [3.05, 3.63) is 28.7 Å². The number of hydrogen-bond acceptors (Lipinski definition) is 7. The first-order chi connectivity index (χ1) is 12.5. The molecular formula is C17H20FN5O2S. The molecule has 0 aliphatic carbocycles. The molecule has 0 bridgehead atoms. The van der Waals surface area contributed by atoms with Crippen molar-refractivity contribution in [2.24, 2.45) is 5.73 Å². The molecular weight excluding hydrogens is 357 g/mol. The summed E-state index contributed by atoms with van der Waals surface area (Å²) in [5.41, 5.74) is 8.00. The average molecular weight is 377 g/mol. The van der Waals surface area contributed by atoms with Crippen molar-refractivity contribution in [3.8, 4) is 10.6 Å². The first-order valence-corrected chi connectivity index (χ1v) is 9.31. The van der Waals surface area contributed by atoms with Gasteiger partial charge in [-0.2, -0.15) is 4.37 Å². The number of pyridine rings is 1. The van der Waals surface area contributed by atoms with E-state index in [1.54, 1.807) is 6.92 Å². The maximum absolute atomic E-state index is 15.2. The molecule has 138 valence electrons. The second kappa shape index (κ2) is 6.57. The number of halogens is 1. The summed E-state index contributed by atoms with van der Waals surface area (Å²) in [5, 5.41) is 5.91. The van der Waals surface area contributed by atoms with Crippen molar-refractivity contribution in [2.75, 3.05) is 18.5 Å². The standard InChI is InChI=1S/C17H20FN5O2S/c1-7-5-11(26-23-7)15-13-12(8(2)20-17(13)24)14(18)16(22-15)21-10-3-4-25-6-9(10)19/h5,8-10H,3-4,6,19H2,1-2H3,(H,20,24)(H,21,22)/t8?,9-,10+/m0/s1. The summed E-state index contributed by atoms with van der Waals surface area (Å²) in [7, 11) is 0. The molecule has 26 heavy (non-hydrogen) atoms. The van der Waals surface area contributed by atoms with E-state index in [0.717, 1.165) is 10.6 Å². The van der Waals surface area contributed by atoms with Gasteiger partial charge < -0.3 is 21.1 Å². The summed E-state index contributed by atoms with van der Waals surface area (Å²) in [6, 6.07) is 1.05. The van der Waals surface area contributed by atoms with Crippen molar-refractivity contribution in [1.82, 2.24) is 14.7 Å². The average Bonchev–Trinajstić information content (AvgIpc) is 3.16. The summed E-state index contributed by atoms with van der Waals surface area (Å²) in [5.74, 6) is -0.695. The lowest BCUT2D eigenvalue weighted by molar-refractivity contribution is 0.0751. The first kappa shape index (κ1) is 17.3. The van der Waals surface area contributed by atoms with Gasteiger partial charge in [0.2, 0.25) is 0 Å². The maximum atomic E-state index is 15.2. The molecule has 1 fully saturated rings. The molecule has 0 saturated carbocycles. The summed E-state index contributed by atoms with van der Waals surface area (Å²) in [4.78, 5) is 17.6. The van der Waals surface area contributed by atoms with E-state index >= 15 is 4.39 Å². The van der Waals surface area contributed by atoms with E-state index in [-0.39, 0.29) is 23.8 Å². The predicted octanol–water partition coefficient (Wildman–Crippen LogP) is 1.99. The first-order valence-electron chi connectivity index (χ1n) is 8.53. The lowest BCUT2D eigenvalue weighted by Crippen LogP contribution is -2.48. The number of hydrogen-bond donors (Lipinski definition) is 3. The SMILES string of the molecule is Cc1cc(-c2nc(N[C@@H]3CCOC[C@@H]3N)c(F)c3c2C(=O)NC3C)sn1. The Bertz CT molecular complexity index is 871. The summed E-state index contributed by atoms with van der Waals surface area (Å²) < 4.78 is 24.8. The van der Waals surface area contributed by atoms with Crippen molar-refractivity contribution < 1.29 is 13.9 Å². The number of aryl methyl sites for hydroxylation is 1. The van der Waals surface area contributed by atoms with Crippen molar-refractivity contribution in [2.45, 2.75) is 38.4 Å². The second-order valence-corrected chi connectivity index (χ2v) is 7.52. The highest BCUT2D eigenvalue weighted by molar-refractivity contribution is 7.09. The van der Waals surface area contributed by atoms with Crippen molar-refractivity contribution in [3.63, 3.8) is 0 Å². The smallest absolute Gasteiger partial charge is 0.254 e. The van der Waals surface area contributed by atoms with Gasteiger partial charge in [0, 0.05) is 24.3 Å². The molecule has 0 aromatic carbocycles. The van der Waals surface area contributed by atoms with Gasteiger partial charge in [-0.3, -0.25) is 4.79 Å². The fourth-order valence-electron chi connectivity index (χ4n) is 3.42. The molecule has 1 saturated heterocycles. The van der Waals surface area contributed by atoms with Gasteiger partial charge in [-0.15, -0.1) is 0 Å². The van der Waals surface area contributed by atoms with E-state index in [2.05, 4.69) is 20.0 Å². The van der Waals surface area contributed by atoms with E-state index in [1.165, 1.54) is 11.5 Å². The van der Waals surface area contributed by atoms with Gasteiger partial charge in [-0.05, 0) is 37.9 Å². The number of anilines is 1. The zero-order valence-corrected chi connectivity index (χ0v) is 15.3. The van der Waals surface area contributed by atoms with Gasteiger partial charge in [0.1, 0.15) is 0 Å². The highest BCUT2D eigenvalue weighted by atomic mass is 32.1. The monoisotopic (exact) mass is 377 g/mol. The molecule has 1 unspecified atom stereocenters. The molecule has 2 aromatic rings. The lowest BCUT2D eigenvalue weighted by atomic mass is 10.0. The zero-order valence-electron chi connectivity index (χ0n) is 14.5. The Morgan fingerprint density at radius 1 is 1.50 bits per heavy atom. The number of aromatic nitrogens is 2. The number of fused-ring (bicyclic) bond motifs is 1. The van der Waals surface area contributed by atoms with Crippen LogP contribution in [0.15, 0.2) is 6.07 Å². The Hall–Kier alpha value is -2.10. The number of amides is 1. The number of rotatable bonds is 3. The Morgan fingerprint density at radius 2 is 2.31 bits per heavy atom. The quantitative estimate of drug-likeness (QED) is 0.756. The number of carbonyl (C=O) groups is 1. The van der Waals surface area contributed by atoms with E-state index in [1.807, 2.05) is 13.0 Å². The molecule has 4 rings (SSSR count). The number of nitrogens with one attached hydrogen (secondary N) is 2. The third-order valence-corrected chi connectivity index (χ3v) is 5.65. The van der Waals surface area contributed by atoms with Crippen LogP contribution in [-0.4, -0.2) is 40.6 Å². The van der Waals surface area contributed by atoms with Crippen LogP contribution in [0.2, 0.25) is 0 Å². The normalized spacial score (nSPS) is 25.1. The molecule has 3 atom stereocenters. The van der Waals surface area contributed by atoms with Crippen LogP contribution in [0.1, 0.15) is 41.0 Å². The minimum Gasteiger partial charge on any atom is -0.380 e. The van der Waals surface area contributed by atoms with Gasteiger partial charge in [-0.25, -0.2) is 9.37 Å². The Kier molecular flexibility index (Phi) is 4.37. The highest BCUT2D eigenvalue weighted by Crippen LogP contribution is 2.38. The van der Waals surface area contributed by atoms with Crippen LogP contribution >= 0.6 is 11.5 Å². The zero-order chi connectivity index (χ0) is 18.4. The second-order valence-electron chi connectivity index (χ2n) is 6.72. The van der Waals surface area contributed by atoms with Crippen LogP contribution in [0.5, 0.6) is 0 Å². The topological polar surface area (TPSA) is 102 Å². The Balaban J connectivity index is 1.82. The van der Waals surface area contributed by atoms with Crippen molar-refractivity contribution in [1.29, 1.82) is 0 Å². The van der Waals surface area contributed by atoms with Crippen molar-refractivity contribution >= 4 is 23.3 Å². The fourth-order valence-corrected chi connectivity index (χ4v) is 4.18. The fraction of sp³-hybridized carbons (Fsp3) is 0.471. The highest BCUT2D eigenvalue weighted by Gasteiger charge is 2.36. The molecule has 4 heterocycles. The largest absolute Gasteiger partial charge is 0.380 e. The lowest BCUT2D eigenvalue weighted by Gasteiger charge is -2.30. The van der Waals surface area contributed by atoms with Gasteiger partial charge in [0.25, 0.3) is 5.91 Å². The number of ether oxygens (including phenoxy) is 1. The molecule has 2 aliphatic heterocycles. The van der Waals surface area contributed by atoms with E-state index in [0.29, 0.717) is 36.5 Å². The molecule has 0 spiro atoms. The third-order valence-electron chi connectivity index (χ3n) is 4.77. The number of nitrogens with zero attached hydrogens (tertiary/aromatic N) is 2. The van der Waals surface area contributed by atoms with Gasteiger partial charge >= 0.3 is 0 Å². The molecule has 9 heteroatoms. The Labute approximate surface area is 154 Å².